The van der Waals surface area contributed by atoms with Gasteiger partial charge in [0, 0.05) is 10.4 Å². The minimum atomic E-state index is -0.189. The average Bonchev–Trinajstić information content (AvgIpc) is 3.10. The van der Waals surface area contributed by atoms with Gasteiger partial charge in [0.25, 0.3) is 5.91 Å². The van der Waals surface area contributed by atoms with Gasteiger partial charge in [-0.25, -0.2) is 5.43 Å². The predicted octanol–water partition coefficient (Wildman–Crippen LogP) is 3.66. The molecule has 1 N–H and O–H groups in total. The molecule has 1 unspecified atom stereocenters. The number of hydrazone groups is 1. The number of thiophene rings is 1. The van der Waals surface area contributed by atoms with Crippen molar-refractivity contribution in [3.05, 3.63) is 39.1 Å². The van der Waals surface area contributed by atoms with Gasteiger partial charge in [0.05, 0.1) is 32.4 Å². The second-order valence-electron chi connectivity index (χ2n) is 6.56. The highest BCUT2D eigenvalue weighted by Crippen LogP contribution is 2.37. The van der Waals surface area contributed by atoms with Crippen molar-refractivity contribution >= 4 is 23.5 Å². The number of aryl methyl sites for hydroxylation is 1. The Bertz CT molecular complexity index is 835. The first-order chi connectivity index (χ1) is 13.0. The molecule has 1 aromatic carbocycles. The van der Waals surface area contributed by atoms with Crippen LogP contribution in [0.5, 0.6) is 17.2 Å². The molecule has 27 heavy (non-hydrogen) atoms. The summed E-state index contributed by atoms with van der Waals surface area (Å²) in [5.74, 6) is 2.07. The van der Waals surface area contributed by atoms with E-state index in [2.05, 4.69) is 17.5 Å². The van der Waals surface area contributed by atoms with E-state index in [1.165, 1.54) is 16.9 Å². The van der Waals surface area contributed by atoms with Crippen LogP contribution in [0.15, 0.2) is 23.3 Å². The number of fused-ring (bicyclic) bond motifs is 1. The lowest BCUT2D eigenvalue weighted by molar-refractivity contribution is 0.0959. The summed E-state index contributed by atoms with van der Waals surface area (Å²) in [5.41, 5.74) is 4.63. The number of carbonyl (C=O) groups is 1. The number of hydrogen-bond donors (Lipinski definition) is 1. The Morgan fingerprint density at radius 3 is 2.52 bits per heavy atom. The van der Waals surface area contributed by atoms with E-state index in [1.54, 1.807) is 51.0 Å². The van der Waals surface area contributed by atoms with E-state index in [9.17, 15) is 4.79 Å². The highest BCUT2D eigenvalue weighted by atomic mass is 32.1. The van der Waals surface area contributed by atoms with Crippen LogP contribution in [0.25, 0.3) is 0 Å². The fraction of sp³-hybridized carbons (Fsp3) is 0.400. The van der Waals surface area contributed by atoms with Crippen molar-refractivity contribution in [2.75, 3.05) is 21.3 Å². The van der Waals surface area contributed by atoms with Crippen molar-refractivity contribution in [3.63, 3.8) is 0 Å². The molecule has 2 aromatic rings. The lowest BCUT2D eigenvalue weighted by Crippen LogP contribution is -2.16. The van der Waals surface area contributed by atoms with Crippen molar-refractivity contribution < 1.29 is 19.0 Å². The van der Waals surface area contributed by atoms with Crippen molar-refractivity contribution in [2.24, 2.45) is 11.0 Å². The average molecular weight is 388 g/mol. The van der Waals surface area contributed by atoms with E-state index in [-0.39, 0.29) is 5.91 Å². The number of rotatable bonds is 6. The number of benzene rings is 1. The van der Waals surface area contributed by atoms with Gasteiger partial charge in [0.15, 0.2) is 11.5 Å². The molecular formula is C20H24N2O4S. The zero-order valence-electron chi connectivity index (χ0n) is 16.0. The maximum absolute atomic E-state index is 12.4. The second kappa shape index (κ2) is 8.43. The third-order valence-corrected chi connectivity index (χ3v) is 5.86. The molecule has 7 heteroatoms. The first kappa shape index (κ1) is 19.2. The van der Waals surface area contributed by atoms with Gasteiger partial charge in [-0.05, 0) is 48.9 Å². The van der Waals surface area contributed by atoms with E-state index in [0.29, 0.717) is 28.0 Å². The van der Waals surface area contributed by atoms with Crippen molar-refractivity contribution in [3.8, 4) is 17.2 Å². The third kappa shape index (κ3) is 4.24. The fourth-order valence-electron chi connectivity index (χ4n) is 3.21. The van der Waals surface area contributed by atoms with Crippen LogP contribution < -0.4 is 19.6 Å². The van der Waals surface area contributed by atoms with Gasteiger partial charge in [-0.3, -0.25) is 4.79 Å². The van der Waals surface area contributed by atoms with E-state index in [1.807, 2.05) is 6.07 Å². The third-order valence-electron chi connectivity index (χ3n) is 4.62. The Labute approximate surface area is 163 Å². The number of ether oxygens (including phenoxy) is 3. The molecule has 0 radical (unpaired) electrons. The SMILES string of the molecule is COc1cc(/C=N/NC(=O)c2cc3c(s2)CCC(C)C3)cc(OC)c1OC. The Balaban J connectivity index is 1.71. The molecule has 0 bridgehead atoms. The van der Waals surface area contributed by atoms with Crippen molar-refractivity contribution in [1.82, 2.24) is 5.43 Å². The van der Waals surface area contributed by atoms with Crippen LogP contribution >= 0.6 is 11.3 Å². The molecule has 0 spiro atoms. The molecule has 0 aliphatic heterocycles. The van der Waals surface area contributed by atoms with Gasteiger partial charge in [-0.15, -0.1) is 11.3 Å². The molecule has 144 valence electrons. The molecule has 3 rings (SSSR count). The second-order valence-corrected chi connectivity index (χ2v) is 7.70. The predicted molar refractivity (Wildman–Crippen MR) is 107 cm³/mol. The van der Waals surface area contributed by atoms with Gasteiger partial charge < -0.3 is 14.2 Å². The maximum atomic E-state index is 12.4. The molecule has 6 nitrogen and oxygen atoms in total. The molecule has 1 heterocycles. The zero-order chi connectivity index (χ0) is 19.4. The molecule has 1 aliphatic rings. The number of amides is 1. The van der Waals surface area contributed by atoms with Crippen molar-refractivity contribution in [2.45, 2.75) is 26.2 Å². The summed E-state index contributed by atoms with van der Waals surface area (Å²) in [6, 6.07) is 5.53. The molecular weight excluding hydrogens is 364 g/mol. The summed E-state index contributed by atoms with van der Waals surface area (Å²) in [5, 5.41) is 4.08. The van der Waals surface area contributed by atoms with Gasteiger partial charge in [-0.2, -0.15) is 5.10 Å². The topological polar surface area (TPSA) is 69.2 Å². The van der Waals surface area contributed by atoms with Crippen LogP contribution in [0.1, 0.15) is 39.0 Å². The van der Waals surface area contributed by atoms with Crippen LogP contribution in [-0.4, -0.2) is 33.5 Å². The summed E-state index contributed by atoms with van der Waals surface area (Å²) >= 11 is 1.57. The van der Waals surface area contributed by atoms with Gasteiger partial charge in [0.2, 0.25) is 5.75 Å². The summed E-state index contributed by atoms with van der Waals surface area (Å²) in [4.78, 5) is 14.4. The first-order valence-electron chi connectivity index (χ1n) is 8.80. The molecule has 1 amide bonds. The van der Waals surface area contributed by atoms with Gasteiger partial charge >= 0.3 is 0 Å². The smallest absolute Gasteiger partial charge is 0.281 e. The van der Waals surface area contributed by atoms with Crippen LogP contribution in [0, 0.1) is 5.92 Å². The number of carbonyl (C=O) groups excluding carboxylic acids is 1. The maximum Gasteiger partial charge on any atom is 0.281 e. The van der Waals surface area contributed by atoms with E-state index < -0.39 is 0 Å². The normalized spacial score (nSPS) is 16.1. The monoisotopic (exact) mass is 388 g/mol. The lowest BCUT2D eigenvalue weighted by Gasteiger charge is -2.16. The Hall–Kier alpha value is -2.54. The highest BCUT2D eigenvalue weighted by Gasteiger charge is 2.20. The van der Waals surface area contributed by atoms with E-state index >= 15 is 0 Å². The zero-order valence-corrected chi connectivity index (χ0v) is 16.8. The Morgan fingerprint density at radius 2 is 1.89 bits per heavy atom. The van der Waals surface area contributed by atoms with Gasteiger partial charge in [-0.1, -0.05) is 6.92 Å². The summed E-state index contributed by atoms with van der Waals surface area (Å²) in [7, 11) is 4.66. The number of hydrogen-bond acceptors (Lipinski definition) is 6. The molecule has 0 saturated carbocycles. The van der Waals surface area contributed by atoms with Crippen LogP contribution in [0.4, 0.5) is 0 Å². The minimum absolute atomic E-state index is 0.189. The number of nitrogens with one attached hydrogen (secondary N) is 1. The fourth-order valence-corrected chi connectivity index (χ4v) is 4.31. The van der Waals surface area contributed by atoms with Crippen LogP contribution in [-0.2, 0) is 12.8 Å². The quantitative estimate of drug-likeness (QED) is 0.606. The number of nitrogens with zero attached hydrogens (tertiary/aromatic N) is 1. The molecule has 0 saturated heterocycles. The number of methoxy groups -OCH3 is 3. The van der Waals surface area contributed by atoms with E-state index in [4.69, 9.17) is 14.2 Å². The Morgan fingerprint density at radius 1 is 1.19 bits per heavy atom. The van der Waals surface area contributed by atoms with Crippen LogP contribution in [0.2, 0.25) is 0 Å². The van der Waals surface area contributed by atoms with E-state index in [0.717, 1.165) is 18.4 Å². The largest absolute Gasteiger partial charge is 0.493 e. The molecule has 0 fully saturated rings. The summed E-state index contributed by atoms with van der Waals surface area (Å²) in [6.45, 7) is 2.25. The highest BCUT2D eigenvalue weighted by molar-refractivity contribution is 7.14. The Kier molecular flexibility index (Phi) is 6.01. The summed E-state index contributed by atoms with van der Waals surface area (Å²) < 4.78 is 15.9. The lowest BCUT2D eigenvalue weighted by atomic mass is 9.90. The molecule has 1 aliphatic carbocycles. The molecule has 1 aromatic heterocycles. The van der Waals surface area contributed by atoms with Crippen LogP contribution in [0.3, 0.4) is 0 Å². The first-order valence-corrected chi connectivity index (χ1v) is 9.62. The standard InChI is InChI=1S/C20H24N2O4S/c1-12-5-6-17-14(7-12)10-18(27-17)20(23)22-21-11-13-8-15(24-2)19(26-4)16(9-13)25-3/h8-12H,5-7H2,1-4H3,(H,22,23)/b21-11+. The van der Waals surface area contributed by atoms with Gasteiger partial charge in [0.1, 0.15) is 0 Å². The van der Waals surface area contributed by atoms with Crippen molar-refractivity contribution in [1.29, 1.82) is 0 Å². The molecule has 1 atom stereocenters. The minimum Gasteiger partial charge on any atom is -0.493 e. The summed E-state index contributed by atoms with van der Waals surface area (Å²) in [6.07, 6.45) is 4.85.